The Morgan fingerprint density at radius 1 is 1.35 bits per heavy atom. The average Bonchev–Trinajstić information content (AvgIpc) is 2.83. The van der Waals surface area contributed by atoms with E-state index in [2.05, 4.69) is 50.4 Å². The maximum absolute atomic E-state index is 12.1. The van der Waals surface area contributed by atoms with Crippen LogP contribution in [-0.4, -0.2) is 30.6 Å². The fraction of sp³-hybridized carbons (Fsp3) is 0.588. The Kier molecular flexibility index (Phi) is 4.69. The lowest BCUT2D eigenvalue weighted by Crippen LogP contribution is -2.43. The largest absolute Gasteiger partial charge is 0.337 e. The van der Waals surface area contributed by atoms with Gasteiger partial charge in [-0.05, 0) is 29.7 Å². The van der Waals surface area contributed by atoms with Gasteiger partial charge in [-0.15, -0.1) is 0 Å². The molecule has 2 amide bonds. The number of nitrogens with one attached hydrogen (secondary N) is 1. The van der Waals surface area contributed by atoms with Gasteiger partial charge < -0.3 is 10.2 Å². The minimum Gasteiger partial charge on any atom is -0.337 e. The molecule has 1 aromatic rings. The number of rotatable bonds is 4. The van der Waals surface area contributed by atoms with E-state index < -0.39 is 0 Å². The molecule has 110 valence electrons. The van der Waals surface area contributed by atoms with Gasteiger partial charge in [0.15, 0.2) is 0 Å². The molecule has 1 heterocycles. The number of carbonyl (C=O) groups excluding carboxylic acids is 1. The summed E-state index contributed by atoms with van der Waals surface area (Å²) in [4.78, 5) is 14.0. The van der Waals surface area contributed by atoms with E-state index in [1.54, 1.807) is 0 Å². The maximum Gasteiger partial charge on any atom is 0.317 e. The van der Waals surface area contributed by atoms with E-state index in [9.17, 15) is 4.79 Å². The number of hydrogen-bond acceptors (Lipinski definition) is 1. The molecule has 0 radical (unpaired) electrons. The number of carbonyl (C=O) groups is 1. The normalized spacial score (nSPS) is 19.1. The van der Waals surface area contributed by atoms with Crippen LogP contribution in [0.15, 0.2) is 30.3 Å². The lowest BCUT2D eigenvalue weighted by Gasteiger charge is -2.27. The van der Waals surface area contributed by atoms with E-state index in [0.29, 0.717) is 12.5 Å². The van der Waals surface area contributed by atoms with Gasteiger partial charge in [0.25, 0.3) is 0 Å². The minimum atomic E-state index is 0.0718. The first-order valence-corrected chi connectivity index (χ1v) is 7.53. The second-order valence-corrected chi connectivity index (χ2v) is 6.83. The molecule has 0 aliphatic carbocycles. The molecule has 1 atom stereocenters. The molecule has 0 aromatic heterocycles. The molecule has 1 N–H and O–H groups in total. The molecule has 0 bridgehead atoms. The van der Waals surface area contributed by atoms with Crippen LogP contribution in [0.25, 0.3) is 0 Å². The fourth-order valence-corrected chi connectivity index (χ4v) is 2.76. The highest BCUT2D eigenvalue weighted by Gasteiger charge is 2.25. The van der Waals surface area contributed by atoms with Crippen LogP contribution in [-0.2, 0) is 6.42 Å². The highest BCUT2D eigenvalue weighted by atomic mass is 16.2. The van der Waals surface area contributed by atoms with Crippen LogP contribution >= 0.6 is 0 Å². The summed E-state index contributed by atoms with van der Waals surface area (Å²) in [5.74, 6) is 0.637. The molecule has 1 aliphatic heterocycles. The Balaban J connectivity index is 1.81. The number of hydrogen-bond donors (Lipinski definition) is 1. The van der Waals surface area contributed by atoms with E-state index in [-0.39, 0.29) is 11.4 Å². The molecule has 20 heavy (non-hydrogen) atoms. The first kappa shape index (κ1) is 14.9. The topological polar surface area (TPSA) is 32.3 Å². The van der Waals surface area contributed by atoms with Gasteiger partial charge in [0.05, 0.1) is 0 Å². The summed E-state index contributed by atoms with van der Waals surface area (Å²) in [5.41, 5.74) is 1.39. The van der Waals surface area contributed by atoms with Crippen molar-refractivity contribution in [2.24, 2.45) is 11.3 Å². The number of benzene rings is 1. The zero-order chi connectivity index (χ0) is 14.6. The maximum atomic E-state index is 12.1. The molecule has 1 unspecified atom stereocenters. The van der Waals surface area contributed by atoms with Crippen molar-refractivity contribution in [2.75, 3.05) is 19.6 Å². The Morgan fingerprint density at radius 3 is 2.65 bits per heavy atom. The quantitative estimate of drug-likeness (QED) is 0.897. The van der Waals surface area contributed by atoms with E-state index >= 15 is 0 Å². The van der Waals surface area contributed by atoms with Gasteiger partial charge in [-0.2, -0.15) is 0 Å². The third-order valence-corrected chi connectivity index (χ3v) is 3.95. The highest BCUT2D eigenvalue weighted by Crippen LogP contribution is 2.21. The molecule has 0 saturated carbocycles. The molecule has 2 rings (SSSR count). The zero-order valence-electron chi connectivity index (χ0n) is 12.9. The SMILES string of the molecule is CC1CCN(C(=O)NCC(C)(C)Cc2ccccc2)C1. The predicted molar refractivity (Wildman–Crippen MR) is 82.7 cm³/mol. The van der Waals surface area contributed by atoms with Crippen molar-refractivity contribution in [3.8, 4) is 0 Å². The second-order valence-electron chi connectivity index (χ2n) is 6.83. The molecule has 1 fully saturated rings. The smallest absolute Gasteiger partial charge is 0.317 e. The summed E-state index contributed by atoms with van der Waals surface area (Å²) in [5, 5.41) is 3.09. The minimum absolute atomic E-state index is 0.0718. The van der Waals surface area contributed by atoms with Gasteiger partial charge in [-0.25, -0.2) is 4.79 Å². The Bertz CT molecular complexity index is 442. The lowest BCUT2D eigenvalue weighted by atomic mass is 9.86. The van der Waals surface area contributed by atoms with E-state index in [4.69, 9.17) is 0 Å². The van der Waals surface area contributed by atoms with Gasteiger partial charge in [0, 0.05) is 19.6 Å². The van der Waals surface area contributed by atoms with Crippen LogP contribution in [0.3, 0.4) is 0 Å². The Hall–Kier alpha value is -1.51. The summed E-state index contributed by atoms with van der Waals surface area (Å²) in [6.07, 6.45) is 2.10. The van der Waals surface area contributed by atoms with Gasteiger partial charge in [0.1, 0.15) is 0 Å². The van der Waals surface area contributed by atoms with Crippen LogP contribution in [0.5, 0.6) is 0 Å². The highest BCUT2D eigenvalue weighted by molar-refractivity contribution is 5.74. The predicted octanol–water partition coefficient (Wildman–Crippen LogP) is 3.31. The standard InChI is InChI=1S/C17H26N2O/c1-14-9-10-19(12-14)16(20)18-13-17(2,3)11-15-7-5-4-6-8-15/h4-8,14H,9-13H2,1-3H3,(H,18,20). The first-order chi connectivity index (χ1) is 9.46. The van der Waals surface area contributed by atoms with Gasteiger partial charge >= 0.3 is 6.03 Å². The van der Waals surface area contributed by atoms with E-state index in [0.717, 1.165) is 25.9 Å². The van der Waals surface area contributed by atoms with Crippen molar-refractivity contribution in [3.63, 3.8) is 0 Å². The summed E-state index contributed by atoms with van der Waals surface area (Å²) in [6, 6.07) is 10.5. The molecule has 0 spiro atoms. The first-order valence-electron chi connectivity index (χ1n) is 7.53. The third-order valence-electron chi connectivity index (χ3n) is 3.95. The van der Waals surface area contributed by atoms with Crippen molar-refractivity contribution in [1.29, 1.82) is 0 Å². The monoisotopic (exact) mass is 274 g/mol. The lowest BCUT2D eigenvalue weighted by molar-refractivity contribution is 0.200. The number of amides is 2. The van der Waals surface area contributed by atoms with Gasteiger partial charge in [-0.3, -0.25) is 0 Å². The van der Waals surface area contributed by atoms with Crippen molar-refractivity contribution >= 4 is 6.03 Å². The summed E-state index contributed by atoms with van der Waals surface area (Å²) >= 11 is 0. The van der Waals surface area contributed by atoms with Crippen molar-refractivity contribution in [1.82, 2.24) is 10.2 Å². The van der Waals surface area contributed by atoms with Crippen molar-refractivity contribution in [2.45, 2.75) is 33.6 Å². The van der Waals surface area contributed by atoms with Gasteiger partial charge in [-0.1, -0.05) is 51.1 Å². The summed E-state index contributed by atoms with van der Waals surface area (Å²) in [6.45, 7) is 9.11. The molecule has 1 aliphatic rings. The van der Waals surface area contributed by atoms with Crippen molar-refractivity contribution < 1.29 is 4.79 Å². The molecule has 1 saturated heterocycles. The molecular weight excluding hydrogens is 248 g/mol. The second kappa shape index (κ2) is 6.29. The van der Waals surface area contributed by atoms with E-state index in [1.807, 2.05) is 11.0 Å². The van der Waals surface area contributed by atoms with E-state index in [1.165, 1.54) is 5.56 Å². The fourth-order valence-electron chi connectivity index (χ4n) is 2.76. The average molecular weight is 274 g/mol. The number of nitrogens with zero attached hydrogens (tertiary/aromatic N) is 1. The summed E-state index contributed by atoms with van der Waals surface area (Å²) < 4.78 is 0. The molecule has 3 heteroatoms. The number of urea groups is 1. The Morgan fingerprint density at radius 2 is 2.05 bits per heavy atom. The van der Waals surface area contributed by atoms with Crippen LogP contribution in [0.2, 0.25) is 0 Å². The molecule has 1 aromatic carbocycles. The summed E-state index contributed by atoms with van der Waals surface area (Å²) in [7, 11) is 0. The molecule has 3 nitrogen and oxygen atoms in total. The van der Waals surface area contributed by atoms with Crippen LogP contribution < -0.4 is 5.32 Å². The zero-order valence-corrected chi connectivity index (χ0v) is 12.9. The molecular formula is C17H26N2O. The van der Waals surface area contributed by atoms with Crippen LogP contribution in [0.1, 0.15) is 32.8 Å². The van der Waals surface area contributed by atoms with Crippen molar-refractivity contribution in [3.05, 3.63) is 35.9 Å². The van der Waals surface area contributed by atoms with Crippen LogP contribution in [0.4, 0.5) is 4.79 Å². The van der Waals surface area contributed by atoms with Gasteiger partial charge in [0.2, 0.25) is 0 Å². The Labute approximate surface area is 122 Å². The van der Waals surface area contributed by atoms with Crippen LogP contribution in [0, 0.1) is 11.3 Å². The number of likely N-dealkylation sites (tertiary alicyclic amines) is 1. The third kappa shape index (κ3) is 4.26.